The van der Waals surface area contributed by atoms with E-state index in [0.29, 0.717) is 29.4 Å². The van der Waals surface area contributed by atoms with Gasteiger partial charge < -0.3 is 19.1 Å². The average molecular weight is 408 g/mol. The zero-order chi connectivity index (χ0) is 21.9. The van der Waals surface area contributed by atoms with E-state index < -0.39 is 0 Å². The van der Waals surface area contributed by atoms with Gasteiger partial charge in [-0.15, -0.1) is 0 Å². The highest BCUT2D eigenvalue weighted by molar-refractivity contribution is 6.06. The van der Waals surface area contributed by atoms with Gasteiger partial charge in [0.05, 0.1) is 6.61 Å². The quantitative estimate of drug-likeness (QED) is 0.442. The fourth-order valence-corrected chi connectivity index (χ4v) is 2.38. The lowest BCUT2D eigenvalue weighted by molar-refractivity contribution is -0.130. The predicted octanol–water partition coefficient (Wildman–Crippen LogP) is 3.35. The van der Waals surface area contributed by atoms with Crippen LogP contribution in [-0.2, 0) is 4.79 Å². The van der Waals surface area contributed by atoms with Gasteiger partial charge in [-0.3, -0.25) is 9.59 Å². The van der Waals surface area contributed by atoms with Crippen molar-refractivity contribution in [1.82, 2.24) is 4.90 Å². The number of benzene rings is 2. The van der Waals surface area contributed by atoms with Crippen LogP contribution in [-0.4, -0.2) is 50.5 Å². The van der Waals surface area contributed by atoms with Crippen molar-refractivity contribution >= 4 is 17.8 Å². The second kappa shape index (κ2) is 11.3. The summed E-state index contributed by atoms with van der Waals surface area (Å²) in [5.41, 5.74) is 1.26. The summed E-state index contributed by atoms with van der Waals surface area (Å²) >= 11 is 0. The minimum atomic E-state index is -0.170. The molecule has 30 heavy (non-hydrogen) atoms. The highest BCUT2D eigenvalue weighted by Gasteiger charge is 2.10. The number of ether oxygens (including phenoxy) is 3. The Balaban J connectivity index is 2.08. The van der Waals surface area contributed by atoms with E-state index in [1.54, 1.807) is 62.6 Å². The molecule has 2 aromatic rings. The average Bonchev–Trinajstić information content (AvgIpc) is 2.75. The van der Waals surface area contributed by atoms with Crippen molar-refractivity contribution in [1.29, 1.82) is 5.26 Å². The van der Waals surface area contributed by atoms with Crippen LogP contribution in [0, 0.1) is 11.3 Å². The molecule has 0 saturated carbocycles. The number of amides is 1. The second-order valence-corrected chi connectivity index (χ2v) is 6.38. The highest BCUT2D eigenvalue weighted by Crippen LogP contribution is 2.29. The van der Waals surface area contributed by atoms with Crippen molar-refractivity contribution in [3.8, 4) is 23.3 Å². The topological polar surface area (TPSA) is 88.9 Å². The van der Waals surface area contributed by atoms with Crippen molar-refractivity contribution in [3.05, 3.63) is 59.7 Å². The number of nitrogens with zero attached hydrogens (tertiary/aromatic N) is 2. The molecule has 2 rings (SSSR count). The molecule has 0 N–H and O–H groups in total. The molecule has 0 aromatic heterocycles. The molecule has 2 aromatic carbocycles. The van der Waals surface area contributed by atoms with Crippen LogP contribution < -0.4 is 14.2 Å². The van der Waals surface area contributed by atoms with E-state index >= 15 is 0 Å². The first-order chi connectivity index (χ1) is 14.4. The fourth-order valence-electron chi connectivity index (χ4n) is 2.38. The summed E-state index contributed by atoms with van der Waals surface area (Å²) in [5, 5.41) is 8.52. The number of allylic oxidation sites excluding steroid dienone is 1. The van der Waals surface area contributed by atoms with Gasteiger partial charge in [-0.2, -0.15) is 5.26 Å². The van der Waals surface area contributed by atoms with Crippen molar-refractivity contribution in [2.75, 3.05) is 33.9 Å². The second-order valence-electron chi connectivity index (χ2n) is 6.38. The molecule has 7 heteroatoms. The standard InChI is InChI=1S/C23H24N2O5/c1-4-28-22-15-17(6-12-21(22)30-16-23(27)25(2)3)5-11-20(26)18-7-9-19(10-8-18)29-14-13-24/h5-12,15H,4,14,16H2,1-3H3/b11-5+. The molecule has 0 aliphatic carbocycles. The Hall–Kier alpha value is -3.79. The maximum Gasteiger partial charge on any atom is 0.259 e. The van der Waals surface area contributed by atoms with Crippen LogP contribution >= 0.6 is 0 Å². The molecule has 0 saturated heterocycles. The van der Waals surface area contributed by atoms with E-state index in [1.165, 1.54) is 11.0 Å². The van der Waals surface area contributed by atoms with E-state index in [0.717, 1.165) is 5.56 Å². The van der Waals surface area contributed by atoms with Crippen molar-refractivity contribution in [2.24, 2.45) is 0 Å². The Kier molecular flexibility index (Phi) is 8.45. The first-order valence-corrected chi connectivity index (χ1v) is 9.36. The highest BCUT2D eigenvalue weighted by atomic mass is 16.5. The fraction of sp³-hybridized carbons (Fsp3) is 0.261. The SMILES string of the molecule is CCOc1cc(/C=C/C(=O)c2ccc(OCC#N)cc2)ccc1OCC(=O)N(C)C. The number of hydrogen-bond donors (Lipinski definition) is 0. The number of nitriles is 1. The monoisotopic (exact) mass is 408 g/mol. The predicted molar refractivity (Wildman–Crippen MR) is 113 cm³/mol. The first kappa shape index (κ1) is 22.5. The van der Waals surface area contributed by atoms with Gasteiger partial charge in [0.15, 0.2) is 30.5 Å². The van der Waals surface area contributed by atoms with Crippen LogP contribution in [0.25, 0.3) is 6.08 Å². The van der Waals surface area contributed by atoms with Crippen LogP contribution in [0.1, 0.15) is 22.8 Å². The van der Waals surface area contributed by atoms with E-state index in [1.807, 2.05) is 13.0 Å². The number of ketones is 1. The third-order valence-electron chi connectivity index (χ3n) is 3.99. The molecule has 0 radical (unpaired) electrons. The van der Waals surface area contributed by atoms with Crippen LogP contribution in [0.2, 0.25) is 0 Å². The minimum absolute atomic E-state index is 0.0433. The Labute approximate surface area is 176 Å². The molecule has 0 aliphatic rings. The third kappa shape index (κ3) is 6.67. The summed E-state index contributed by atoms with van der Waals surface area (Å²) in [4.78, 5) is 25.6. The molecule has 0 atom stereocenters. The lowest BCUT2D eigenvalue weighted by atomic mass is 10.1. The molecule has 0 spiro atoms. The lowest BCUT2D eigenvalue weighted by Gasteiger charge is -2.14. The first-order valence-electron chi connectivity index (χ1n) is 9.36. The number of likely N-dealkylation sites (N-methyl/N-ethyl adjacent to an activating group) is 1. The molecule has 1 amide bonds. The Bertz CT molecular complexity index is 943. The maximum absolute atomic E-state index is 12.4. The van der Waals surface area contributed by atoms with E-state index in [9.17, 15) is 9.59 Å². The third-order valence-corrected chi connectivity index (χ3v) is 3.99. The van der Waals surface area contributed by atoms with Gasteiger partial charge in [0.25, 0.3) is 5.91 Å². The van der Waals surface area contributed by atoms with Crippen LogP contribution in [0.5, 0.6) is 17.2 Å². The van der Waals surface area contributed by atoms with Gasteiger partial charge in [-0.25, -0.2) is 0 Å². The lowest BCUT2D eigenvalue weighted by Crippen LogP contribution is -2.27. The van der Waals surface area contributed by atoms with Crippen molar-refractivity contribution in [2.45, 2.75) is 6.92 Å². The summed E-state index contributed by atoms with van der Waals surface area (Å²) < 4.78 is 16.3. The van der Waals surface area contributed by atoms with E-state index in [2.05, 4.69) is 0 Å². The number of hydrogen-bond acceptors (Lipinski definition) is 6. The number of carbonyl (C=O) groups is 2. The minimum Gasteiger partial charge on any atom is -0.490 e. The Morgan fingerprint density at radius 2 is 1.77 bits per heavy atom. The molecule has 0 fully saturated rings. The number of rotatable bonds is 10. The van der Waals surface area contributed by atoms with Crippen LogP contribution in [0.4, 0.5) is 0 Å². The summed E-state index contributed by atoms with van der Waals surface area (Å²) in [6, 6.07) is 13.7. The van der Waals surface area contributed by atoms with E-state index in [-0.39, 0.29) is 24.9 Å². The van der Waals surface area contributed by atoms with Gasteiger partial charge in [0.2, 0.25) is 0 Å². The van der Waals surface area contributed by atoms with Gasteiger partial charge in [0, 0.05) is 19.7 Å². The van der Waals surface area contributed by atoms with Gasteiger partial charge in [-0.1, -0.05) is 12.1 Å². The van der Waals surface area contributed by atoms with Gasteiger partial charge >= 0.3 is 0 Å². The normalized spacial score (nSPS) is 10.3. The smallest absolute Gasteiger partial charge is 0.259 e. The van der Waals surface area contributed by atoms with Crippen LogP contribution in [0.3, 0.4) is 0 Å². The van der Waals surface area contributed by atoms with Gasteiger partial charge in [-0.05, 0) is 55.0 Å². The van der Waals surface area contributed by atoms with E-state index in [4.69, 9.17) is 19.5 Å². The molecule has 0 heterocycles. The zero-order valence-corrected chi connectivity index (χ0v) is 17.3. The molecular formula is C23H24N2O5. The van der Waals surface area contributed by atoms with Crippen molar-refractivity contribution < 1.29 is 23.8 Å². The maximum atomic E-state index is 12.4. The van der Waals surface area contributed by atoms with Crippen molar-refractivity contribution in [3.63, 3.8) is 0 Å². The molecule has 7 nitrogen and oxygen atoms in total. The molecular weight excluding hydrogens is 384 g/mol. The van der Waals surface area contributed by atoms with Gasteiger partial charge in [0.1, 0.15) is 11.8 Å². The summed E-state index contributed by atoms with van der Waals surface area (Å²) in [5.74, 6) is 1.16. The molecule has 0 aliphatic heterocycles. The Morgan fingerprint density at radius 3 is 2.40 bits per heavy atom. The van der Waals surface area contributed by atoms with Crippen LogP contribution in [0.15, 0.2) is 48.5 Å². The molecule has 156 valence electrons. The molecule has 0 unspecified atom stereocenters. The zero-order valence-electron chi connectivity index (χ0n) is 17.3. The summed E-state index contributed by atoms with van der Waals surface area (Å²) in [6.45, 7) is 2.16. The summed E-state index contributed by atoms with van der Waals surface area (Å²) in [7, 11) is 3.32. The number of carbonyl (C=O) groups excluding carboxylic acids is 2. The Morgan fingerprint density at radius 1 is 1.03 bits per heavy atom. The summed E-state index contributed by atoms with van der Waals surface area (Å²) in [6.07, 6.45) is 3.14. The largest absolute Gasteiger partial charge is 0.490 e. The molecule has 0 bridgehead atoms.